The largest absolute Gasteiger partial charge is 0.484 e. The number of hydrogen-bond acceptors (Lipinski definition) is 7. The number of benzene rings is 1. The van der Waals surface area contributed by atoms with E-state index in [2.05, 4.69) is 15.2 Å². The van der Waals surface area contributed by atoms with E-state index in [9.17, 15) is 8.42 Å². The SMILES string of the molecule is O=S(=O)(c1cccnc1)N1CCCC(c2nnc(COc3ccccc3)o2)C1. The van der Waals surface area contributed by atoms with Crippen LogP contribution in [0.15, 0.2) is 64.2 Å². The molecule has 28 heavy (non-hydrogen) atoms. The molecule has 1 aliphatic heterocycles. The summed E-state index contributed by atoms with van der Waals surface area (Å²) in [7, 11) is -3.59. The molecular formula is C19H20N4O4S. The minimum Gasteiger partial charge on any atom is -0.484 e. The lowest BCUT2D eigenvalue weighted by Gasteiger charge is -2.30. The Bertz CT molecular complexity index is 1010. The Morgan fingerprint density at radius 2 is 2.00 bits per heavy atom. The zero-order valence-electron chi connectivity index (χ0n) is 15.1. The van der Waals surface area contributed by atoms with Gasteiger partial charge in [0.15, 0.2) is 6.61 Å². The molecule has 0 radical (unpaired) electrons. The number of hydrogen-bond donors (Lipinski definition) is 0. The summed E-state index contributed by atoms with van der Waals surface area (Å²) >= 11 is 0. The zero-order chi connectivity index (χ0) is 19.4. The van der Waals surface area contributed by atoms with E-state index >= 15 is 0 Å². The van der Waals surface area contributed by atoms with Gasteiger partial charge in [0.05, 0.1) is 5.92 Å². The van der Waals surface area contributed by atoms with E-state index in [1.54, 1.807) is 18.3 Å². The lowest BCUT2D eigenvalue weighted by atomic mass is 10.00. The fourth-order valence-corrected chi connectivity index (χ4v) is 4.65. The minimum absolute atomic E-state index is 0.141. The Hall–Kier alpha value is -2.78. The zero-order valence-corrected chi connectivity index (χ0v) is 16.0. The highest BCUT2D eigenvalue weighted by molar-refractivity contribution is 7.89. The Labute approximate surface area is 163 Å². The van der Waals surface area contributed by atoms with Crippen molar-refractivity contribution in [3.8, 4) is 5.75 Å². The number of piperidine rings is 1. The van der Waals surface area contributed by atoms with E-state index in [0.717, 1.165) is 12.8 Å². The lowest BCUT2D eigenvalue weighted by Crippen LogP contribution is -2.39. The van der Waals surface area contributed by atoms with Crippen molar-refractivity contribution in [1.82, 2.24) is 19.5 Å². The van der Waals surface area contributed by atoms with E-state index in [0.29, 0.717) is 30.6 Å². The normalized spacial score (nSPS) is 18.1. The highest BCUT2D eigenvalue weighted by Gasteiger charge is 2.33. The molecule has 1 aliphatic rings. The van der Waals surface area contributed by atoms with E-state index < -0.39 is 10.0 Å². The van der Waals surface area contributed by atoms with Crippen molar-refractivity contribution in [2.24, 2.45) is 0 Å². The maximum absolute atomic E-state index is 12.8. The molecule has 4 rings (SSSR count). The first kappa shape index (κ1) is 18.6. The smallest absolute Gasteiger partial charge is 0.253 e. The van der Waals surface area contributed by atoms with Gasteiger partial charge in [-0.15, -0.1) is 10.2 Å². The summed E-state index contributed by atoms with van der Waals surface area (Å²) in [5, 5.41) is 8.14. The van der Waals surface area contributed by atoms with Gasteiger partial charge >= 0.3 is 0 Å². The maximum Gasteiger partial charge on any atom is 0.253 e. The molecule has 1 atom stereocenters. The number of sulfonamides is 1. The van der Waals surface area contributed by atoms with Gasteiger partial charge in [-0.05, 0) is 37.1 Å². The number of rotatable bonds is 6. The molecule has 1 saturated heterocycles. The van der Waals surface area contributed by atoms with Crippen LogP contribution in [0.4, 0.5) is 0 Å². The van der Waals surface area contributed by atoms with Crippen molar-refractivity contribution in [2.45, 2.75) is 30.3 Å². The third kappa shape index (κ3) is 4.05. The third-order valence-electron chi connectivity index (χ3n) is 4.59. The van der Waals surface area contributed by atoms with Crippen LogP contribution in [-0.2, 0) is 16.6 Å². The summed E-state index contributed by atoms with van der Waals surface area (Å²) in [5.74, 6) is 1.38. The van der Waals surface area contributed by atoms with Gasteiger partial charge in [-0.2, -0.15) is 4.31 Å². The number of para-hydroxylation sites is 1. The topological polar surface area (TPSA) is 98.4 Å². The molecule has 146 valence electrons. The molecule has 9 heteroatoms. The first-order valence-electron chi connectivity index (χ1n) is 9.03. The predicted molar refractivity (Wildman–Crippen MR) is 100 cm³/mol. The molecule has 0 saturated carbocycles. The molecule has 1 unspecified atom stereocenters. The van der Waals surface area contributed by atoms with Crippen LogP contribution < -0.4 is 4.74 Å². The van der Waals surface area contributed by atoms with Gasteiger partial charge in [-0.1, -0.05) is 18.2 Å². The van der Waals surface area contributed by atoms with Crippen LogP contribution in [0.1, 0.15) is 30.5 Å². The first-order valence-corrected chi connectivity index (χ1v) is 10.5. The molecule has 0 N–H and O–H groups in total. The van der Waals surface area contributed by atoms with Crippen LogP contribution in [0.3, 0.4) is 0 Å². The summed E-state index contributed by atoms with van der Waals surface area (Å²) in [6.07, 6.45) is 4.43. The van der Waals surface area contributed by atoms with Crippen LogP contribution in [0.5, 0.6) is 5.75 Å². The second-order valence-corrected chi connectivity index (χ2v) is 8.46. The van der Waals surface area contributed by atoms with E-state index in [-0.39, 0.29) is 17.4 Å². The highest BCUT2D eigenvalue weighted by Crippen LogP contribution is 2.29. The second kappa shape index (κ2) is 8.07. The van der Waals surface area contributed by atoms with Crippen LogP contribution in [0.2, 0.25) is 0 Å². The minimum atomic E-state index is -3.59. The molecule has 3 heterocycles. The Morgan fingerprint density at radius 3 is 2.79 bits per heavy atom. The van der Waals surface area contributed by atoms with Gasteiger partial charge in [0.1, 0.15) is 10.6 Å². The maximum atomic E-state index is 12.8. The summed E-state index contributed by atoms with van der Waals surface area (Å²) in [6, 6.07) is 12.5. The van der Waals surface area contributed by atoms with Crippen molar-refractivity contribution in [2.75, 3.05) is 13.1 Å². The first-order chi connectivity index (χ1) is 13.6. The van der Waals surface area contributed by atoms with E-state index in [4.69, 9.17) is 9.15 Å². The average molecular weight is 400 g/mol. The molecule has 0 spiro atoms. The summed E-state index contributed by atoms with van der Waals surface area (Å²) in [4.78, 5) is 4.10. The van der Waals surface area contributed by atoms with Crippen molar-refractivity contribution in [1.29, 1.82) is 0 Å². The van der Waals surface area contributed by atoms with Gasteiger partial charge < -0.3 is 9.15 Å². The molecule has 0 amide bonds. The highest BCUT2D eigenvalue weighted by atomic mass is 32.2. The third-order valence-corrected chi connectivity index (χ3v) is 6.44. The molecule has 1 fully saturated rings. The number of nitrogens with zero attached hydrogens (tertiary/aromatic N) is 4. The lowest BCUT2D eigenvalue weighted by molar-refractivity contribution is 0.243. The van der Waals surface area contributed by atoms with Gasteiger partial charge in [0.25, 0.3) is 5.89 Å². The van der Waals surface area contributed by atoms with Gasteiger partial charge in [-0.25, -0.2) is 8.42 Å². The van der Waals surface area contributed by atoms with Crippen LogP contribution in [0.25, 0.3) is 0 Å². The average Bonchev–Trinajstić information content (AvgIpc) is 3.23. The molecule has 0 bridgehead atoms. The van der Waals surface area contributed by atoms with Crippen LogP contribution in [-0.4, -0.2) is 41.0 Å². The fourth-order valence-electron chi connectivity index (χ4n) is 3.16. The number of aromatic nitrogens is 3. The fraction of sp³-hybridized carbons (Fsp3) is 0.316. The number of ether oxygens (including phenoxy) is 1. The van der Waals surface area contributed by atoms with Crippen molar-refractivity contribution < 1.29 is 17.6 Å². The summed E-state index contributed by atoms with van der Waals surface area (Å²) in [5.41, 5.74) is 0. The standard InChI is InChI=1S/C19H20N4O4S/c24-28(25,17-9-4-10-20-12-17)23-11-5-6-15(13-23)19-22-21-18(27-19)14-26-16-7-2-1-3-8-16/h1-4,7-10,12,15H,5-6,11,13-14H2. The van der Waals surface area contributed by atoms with Crippen molar-refractivity contribution in [3.05, 3.63) is 66.6 Å². The molecule has 8 nitrogen and oxygen atoms in total. The predicted octanol–water partition coefficient (Wildman–Crippen LogP) is 2.61. The number of pyridine rings is 1. The Kier molecular flexibility index (Phi) is 5.36. The van der Waals surface area contributed by atoms with Crippen molar-refractivity contribution >= 4 is 10.0 Å². The quantitative estimate of drug-likeness (QED) is 0.627. The van der Waals surface area contributed by atoms with Gasteiger partial charge in [0.2, 0.25) is 15.9 Å². The molecule has 1 aromatic carbocycles. The van der Waals surface area contributed by atoms with Gasteiger partial charge in [0, 0.05) is 25.5 Å². The Balaban J connectivity index is 1.43. The molecule has 2 aromatic heterocycles. The monoisotopic (exact) mass is 400 g/mol. The Morgan fingerprint density at radius 1 is 1.14 bits per heavy atom. The molecule has 0 aliphatic carbocycles. The van der Waals surface area contributed by atoms with Crippen LogP contribution >= 0.6 is 0 Å². The van der Waals surface area contributed by atoms with E-state index in [1.807, 2.05) is 30.3 Å². The molecule has 3 aromatic rings. The summed E-state index contributed by atoms with van der Waals surface area (Å²) in [6.45, 7) is 0.936. The van der Waals surface area contributed by atoms with Crippen LogP contribution in [0, 0.1) is 0 Å². The molecular weight excluding hydrogens is 380 g/mol. The van der Waals surface area contributed by atoms with Crippen molar-refractivity contribution in [3.63, 3.8) is 0 Å². The second-order valence-electron chi connectivity index (χ2n) is 6.53. The van der Waals surface area contributed by atoms with E-state index in [1.165, 1.54) is 10.5 Å². The summed E-state index contributed by atoms with van der Waals surface area (Å²) < 4.78 is 38.5. The van der Waals surface area contributed by atoms with Gasteiger partial charge in [-0.3, -0.25) is 4.98 Å².